The molecule has 9 heteroatoms. The van der Waals surface area contributed by atoms with Crippen LogP contribution in [0.1, 0.15) is 27.0 Å². The van der Waals surface area contributed by atoms with Gasteiger partial charge < -0.3 is 14.6 Å². The van der Waals surface area contributed by atoms with Crippen molar-refractivity contribution < 1.29 is 32.2 Å². The minimum atomic E-state index is -4.32. The molecule has 0 atom stereocenters. The minimum Gasteiger partial charge on any atom is -0.497 e. The lowest BCUT2D eigenvalue weighted by atomic mass is 10.1. The lowest BCUT2D eigenvalue weighted by Crippen LogP contribution is -2.31. The molecule has 33 heavy (non-hydrogen) atoms. The number of hydrogen-bond donors (Lipinski definition) is 1. The smallest absolute Gasteiger partial charge is 0.336 e. The summed E-state index contributed by atoms with van der Waals surface area (Å²) in [7, 11) is -1.26. The molecule has 0 unspecified atom stereocenters. The number of benzene rings is 3. The quantitative estimate of drug-likeness (QED) is 0.500. The maximum atomic E-state index is 15.1. The number of methoxy groups -OCH3 is 2. The van der Waals surface area contributed by atoms with E-state index in [1.54, 1.807) is 48.5 Å². The van der Waals surface area contributed by atoms with Gasteiger partial charge in [-0.3, -0.25) is 0 Å². The van der Waals surface area contributed by atoms with Crippen LogP contribution in [0.2, 0.25) is 0 Å². The van der Waals surface area contributed by atoms with Gasteiger partial charge in [0.1, 0.15) is 22.2 Å². The molecule has 7 nitrogen and oxygen atoms in total. The largest absolute Gasteiger partial charge is 0.497 e. The number of carbonyl (C=O) groups is 1. The normalized spacial score (nSPS) is 11.4. The van der Waals surface area contributed by atoms with E-state index in [-0.39, 0.29) is 24.2 Å². The van der Waals surface area contributed by atoms with Crippen molar-refractivity contribution in [3.05, 3.63) is 88.7 Å². The maximum Gasteiger partial charge on any atom is 0.336 e. The number of hydrogen-bond acceptors (Lipinski definition) is 5. The topological polar surface area (TPSA) is 93.1 Å². The molecule has 1 N–H and O–H groups in total. The van der Waals surface area contributed by atoms with Crippen molar-refractivity contribution in [3.63, 3.8) is 0 Å². The first-order valence-electron chi connectivity index (χ1n) is 9.95. The molecule has 174 valence electrons. The molecule has 0 aliphatic heterocycles. The zero-order chi connectivity index (χ0) is 24.2. The van der Waals surface area contributed by atoms with E-state index in [1.807, 2.05) is 0 Å². The standard InChI is InChI=1S/C24H24FNO6S/c1-16-21(24(27)28)12-13-22(23(16)25)33(29,30)26(14-17-4-8-19(31-2)9-5-17)15-18-6-10-20(32-3)11-7-18/h4-13H,14-15H2,1-3H3,(H,27,28). The molecule has 0 aliphatic rings. The highest BCUT2D eigenvalue weighted by Gasteiger charge is 2.30. The van der Waals surface area contributed by atoms with Crippen LogP contribution in [0, 0.1) is 12.7 Å². The van der Waals surface area contributed by atoms with E-state index in [4.69, 9.17) is 9.47 Å². The molecule has 3 rings (SSSR count). The monoisotopic (exact) mass is 473 g/mol. The lowest BCUT2D eigenvalue weighted by Gasteiger charge is -2.23. The Kier molecular flexibility index (Phi) is 7.35. The fraction of sp³-hybridized carbons (Fsp3) is 0.208. The van der Waals surface area contributed by atoms with E-state index in [0.717, 1.165) is 16.4 Å². The Bertz CT molecular complexity index is 1190. The van der Waals surface area contributed by atoms with E-state index in [9.17, 15) is 18.3 Å². The number of aromatic carboxylic acids is 1. The average molecular weight is 474 g/mol. The van der Waals surface area contributed by atoms with Crippen LogP contribution in [0.4, 0.5) is 4.39 Å². The molecule has 0 bridgehead atoms. The average Bonchev–Trinajstić information content (AvgIpc) is 2.80. The van der Waals surface area contributed by atoms with E-state index >= 15 is 4.39 Å². The van der Waals surface area contributed by atoms with Gasteiger partial charge in [-0.25, -0.2) is 17.6 Å². The molecule has 0 aliphatic carbocycles. The summed E-state index contributed by atoms with van der Waals surface area (Å²) in [5.41, 5.74) is 0.820. The molecule has 0 fully saturated rings. The highest BCUT2D eigenvalue weighted by atomic mass is 32.2. The van der Waals surface area contributed by atoms with Gasteiger partial charge in [0.25, 0.3) is 0 Å². The molecule has 0 spiro atoms. The molecular weight excluding hydrogens is 449 g/mol. The van der Waals surface area contributed by atoms with Gasteiger partial charge in [0, 0.05) is 18.7 Å². The zero-order valence-electron chi connectivity index (χ0n) is 18.4. The molecule has 0 radical (unpaired) electrons. The fourth-order valence-corrected chi connectivity index (χ4v) is 4.86. The van der Waals surface area contributed by atoms with Crippen molar-refractivity contribution in [3.8, 4) is 11.5 Å². The summed E-state index contributed by atoms with van der Waals surface area (Å²) in [5.74, 6) is -1.17. The van der Waals surface area contributed by atoms with Crippen molar-refractivity contribution in [1.82, 2.24) is 4.31 Å². The van der Waals surface area contributed by atoms with Gasteiger partial charge in [0.2, 0.25) is 10.0 Å². The van der Waals surface area contributed by atoms with Gasteiger partial charge in [0.05, 0.1) is 19.8 Å². The third-order valence-electron chi connectivity index (χ3n) is 5.24. The Morgan fingerprint density at radius 3 is 1.73 bits per heavy atom. The van der Waals surface area contributed by atoms with Crippen molar-refractivity contribution in [2.45, 2.75) is 24.9 Å². The Balaban J connectivity index is 2.04. The number of sulfonamides is 1. The maximum absolute atomic E-state index is 15.1. The molecule has 3 aromatic rings. The summed E-state index contributed by atoms with van der Waals surface area (Å²) in [5, 5.41) is 9.22. The van der Waals surface area contributed by atoms with Gasteiger partial charge >= 0.3 is 5.97 Å². The van der Waals surface area contributed by atoms with Crippen LogP contribution in [0.5, 0.6) is 11.5 Å². The van der Waals surface area contributed by atoms with Gasteiger partial charge in [-0.15, -0.1) is 0 Å². The number of carboxylic acids is 1. The number of carboxylic acid groups (broad SMARTS) is 1. The predicted molar refractivity (Wildman–Crippen MR) is 121 cm³/mol. The predicted octanol–water partition coefficient (Wildman–Crippen LogP) is 4.24. The zero-order valence-corrected chi connectivity index (χ0v) is 19.2. The molecular formula is C24H24FNO6S. The van der Waals surface area contributed by atoms with Crippen LogP contribution in [0.3, 0.4) is 0 Å². The minimum absolute atomic E-state index is 0.0302. The Labute approximate surface area is 192 Å². The summed E-state index contributed by atoms with van der Waals surface area (Å²) in [6.45, 7) is 1.18. The van der Waals surface area contributed by atoms with Crippen LogP contribution in [0.15, 0.2) is 65.6 Å². The summed E-state index contributed by atoms with van der Waals surface area (Å²) >= 11 is 0. The molecule has 0 saturated heterocycles. The Morgan fingerprint density at radius 1 is 0.879 bits per heavy atom. The van der Waals surface area contributed by atoms with Crippen LogP contribution < -0.4 is 9.47 Å². The van der Waals surface area contributed by atoms with Crippen LogP contribution in [-0.2, 0) is 23.1 Å². The number of ether oxygens (including phenoxy) is 2. The highest BCUT2D eigenvalue weighted by molar-refractivity contribution is 7.89. The van der Waals surface area contributed by atoms with Crippen LogP contribution in [0.25, 0.3) is 0 Å². The van der Waals surface area contributed by atoms with Crippen molar-refractivity contribution >= 4 is 16.0 Å². The third-order valence-corrected chi connectivity index (χ3v) is 7.04. The third kappa shape index (κ3) is 5.32. The highest BCUT2D eigenvalue weighted by Crippen LogP contribution is 2.27. The molecule has 0 amide bonds. The molecule has 3 aromatic carbocycles. The summed E-state index contributed by atoms with van der Waals surface area (Å²) < 4.78 is 53.6. The summed E-state index contributed by atoms with van der Waals surface area (Å²) in [4.78, 5) is 10.7. The van der Waals surface area contributed by atoms with Gasteiger partial charge in [-0.1, -0.05) is 24.3 Å². The van der Waals surface area contributed by atoms with E-state index in [0.29, 0.717) is 22.6 Å². The first-order chi connectivity index (χ1) is 15.7. The number of halogens is 1. The van der Waals surface area contributed by atoms with Gasteiger partial charge in [0.15, 0.2) is 0 Å². The van der Waals surface area contributed by atoms with Gasteiger partial charge in [-0.2, -0.15) is 4.31 Å². The van der Waals surface area contributed by atoms with Crippen LogP contribution >= 0.6 is 0 Å². The van der Waals surface area contributed by atoms with Crippen LogP contribution in [-0.4, -0.2) is 38.0 Å². The molecule has 0 saturated carbocycles. The second-order valence-electron chi connectivity index (χ2n) is 7.32. The summed E-state index contributed by atoms with van der Waals surface area (Å²) in [6.07, 6.45) is 0. The SMILES string of the molecule is COc1ccc(CN(Cc2ccc(OC)cc2)S(=O)(=O)c2ccc(C(=O)O)c(C)c2F)cc1. The second kappa shape index (κ2) is 10.0. The lowest BCUT2D eigenvalue weighted by molar-refractivity contribution is 0.0695. The van der Waals surface area contributed by atoms with Gasteiger partial charge in [-0.05, 0) is 54.4 Å². The second-order valence-corrected chi connectivity index (χ2v) is 9.23. The number of rotatable bonds is 9. The van der Waals surface area contributed by atoms with E-state index < -0.39 is 26.7 Å². The Hall–Kier alpha value is -3.43. The van der Waals surface area contributed by atoms with Crippen molar-refractivity contribution in [1.29, 1.82) is 0 Å². The Morgan fingerprint density at radius 2 is 1.33 bits per heavy atom. The fourth-order valence-electron chi connectivity index (χ4n) is 3.33. The molecule has 0 heterocycles. The van der Waals surface area contributed by atoms with Crippen molar-refractivity contribution in [2.24, 2.45) is 0 Å². The number of nitrogens with zero attached hydrogens (tertiary/aromatic N) is 1. The first-order valence-corrected chi connectivity index (χ1v) is 11.4. The van der Waals surface area contributed by atoms with Crippen molar-refractivity contribution in [2.75, 3.05) is 14.2 Å². The molecule has 0 aromatic heterocycles. The van der Waals surface area contributed by atoms with E-state index in [2.05, 4.69) is 0 Å². The summed E-state index contributed by atoms with van der Waals surface area (Å²) in [6, 6.07) is 15.8. The van der Waals surface area contributed by atoms with E-state index in [1.165, 1.54) is 21.1 Å². The first kappa shape index (κ1) is 24.2.